The molecule has 0 aliphatic heterocycles. The lowest BCUT2D eigenvalue weighted by Gasteiger charge is -2.02. The van der Waals surface area contributed by atoms with Crippen molar-refractivity contribution in [2.45, 2.75) is 18.7 Å². The lowest BCUT2D eigenvalue weighted by molar-refractivity contribution is -0.118. The van der Waals surface area contributed by atoms with Gasteiger partial charge in [-0.15, -0.1) is 22.7 Å². The maximum absolute atomic E-state index is 12.1. The second kappa shape index (κ2) is 7.61. The van der Waals surface area contributed by atoms with Crippen LogP contribution in [0, 0.1) is 6.92 Å². The lowest BCUT2D eigenvalue weighted by Crippen LogP contribution is -2.24. The number of thiophene rings is 1. The average Bonchev–Trinajstić information content (AvgIpc) is 3.37. The van der Waals surface area contributed by atoms with Gasteiger partial charge in [-0.1, -0.05) is 30.0 Å². The maximum atomic E-state index is 12.1. The molecule has 1 aromatic carbocycles. The summed E-state index contributed by atoms with van der Waals surface area (Å²) in [5, 5.41) is 6.50. The second-order valence-corrected chi connectivity index (χ2v) is 8.48. The zero-order valence-electron chi connectivity index (χ0n) is 13.9. The number of carbonyl (C=O) groups is 1. The first-order chi connectivity index (χ1) is 12.7. The Balaban J connectivity index is 1.32. The van der Waals surface area contributed by atoms with Crippen LogP contribution >= 0.6 is 34.4 Å². The molecule has 132 valence electrons. The molecule has 4 rings (SSSR count). The number of para-hydroxylation sites is 2. The summed E-state index contributed by atoms with van der Waals surface area (Å²) < 4.78 is 5.61. The van der Waals surface area contributed by atoms with E-state index in [2.05, 4.69) is 21.4 Å². The van der Waals surface area contributed by atoms with Gasteiger partial charge in [0.15, 0.2) is 5.58 Å². The molecule has 1 N–H and O–H groups in total. The van der Waals surface area contributed by atoms with Gasteiger partial charge < -0.3 is 9.73 Å². The van der Waals surface area contributed by atoms with Crippen molar-refractivity contribution in [1.82, 2.24) is 15.3 Å². The van der Waals surface area contributed by atoms with Gasteiger partial charge in [0.2, 0.25) is 5.91 Å². The monoisotopic (exact) mass is 401 g/mol. The number of aryl methyl sites for hydroxylation is 1. The van der Waals surface area contributed by atoms with Crippen LogP contribution in [0.3, 0.4) is 0 Å². The van der Waals surface area contributed by atoms with Gasteiger partial charge in [-0.2, -0.15) is 0 Å². The van der Waals surface area contributed by atoms with Crippen LogP contribution in [0.15, 0.2) is 51.4 Å². The van der Waals surface area contributed by atoms with Crippen molar-refractivity contribution in [2.24, 2.45) is 0 Å². The summed E-state index contributed by atoms with van der Waals surface area (Å²) in [5.41, 5.74) is 2.50. The van der Waals surface area contributed by atoms with Gasteiger partial charge in [0.25, 0.3) is 5.22 Å². The standard InChI is InChI=1S/C18H15N3O2S3/c1-11-15(26-17(20-11)14-7-4-8-24-14)9-19-16(22)10-25-18-21-12-5-2-3-6-13(12)23-18/h2-8H,9-10H2,1H3,(H,19,22). The van der Waals surface area contributed by atoms with Gasteiger partial charge in [0.05, 0.1) is 22.9 Å². The molecule has 0 spiro atoms. The second-order valence-electron chi connectivity index (χ2n) is 5.52. The molecule has 0 aliphatic carbocycles. The van der Waals surface area contributed by atoms with E-state index < -0.39 is 0 Å². The van der Waals surface area contributed by atoms with E-state index in [-0.39, 0.29) is 11.7 Å². The van der Waals surface area contributed by atoms with E-state index in [0.717, 1.165) is 31.6 Å². The first-order valence-corrected chi connectivity index (χ1v) is 10.6. The number of nitrogens with zero attached hydrogens (tertiary/aromatic N) is 2. The fourth-order valence-corrected chi connectivity index (χ4v) is 4.83. The lowest BCUT2D eigenvalue weighted by atomic mass is 10.3. The molecular formula is C18H15N3O2S3. The Morgan fingerprint density at radius 1 is 1.23 bits per heavy atom. The predicted molar refractivity (Wildman–Crippen MR) is 107 cm³/mol. The molecule has 0 saturated carbocycles. The number of aromatic nitrogens is 2. The number of hydrogen-bond acceptors (Lipinski definition) is 7. The van der Waals surface area contributed by atoms with Crippen LogP contribution in [-0.2, 0) is 11.3 Å². The van der Waals surface area contributed by atoms with Gasteiger partial charge in [0.1, 0.15) is 10.5 Å². The van der Waals surface area contributed by atoms with Crippen LogP contribution in [0.1, 0.15) is 10.6 Å². The summed E-state index contributed by atoms with van der Waals surface area (Å²) in [4.78, 5) is 23.3. The van der Waals surface area contributed by atoms with Crippen molar-refractivity contribution in [3.05, 3.63) is 52.3 Å². The van der Waals surface area contributed by atoms with Crippen LogP contribution in [0.2, 0.25) is 0 Å². The highest BCUT2D eigenvalue weighted by Crippen LogP contribution is 2.31. The van der Waals surface area contributed by atoms with Gasteiger partial charge in [-0.05, 0) is 30.5 Å². The van der Waals surface area contributed by atoms with Crippen LogP contribution in [-0.4, -0.2) is 21.6 Å². The molecule has 8 heteroatoms. The molecule has 0 bridgehead atoms. The number of amides is 1. The summed E-state index contributed by atoms with van der Waals surface area (Å²) >= 11 is 4.59. The third-order valence-electron chi connectivity index (χ3n) is 3.67. The van der Waals surface area contributed by atoms with Gasteiger partial charge in [-0.3, -0.25) is 4.79 Å². The zero-order valence-corrected chi connectivity index (χ0v) is 16.3. The van der Waals surface area contributed by atoms with Crippen molar-refractivity contribution in [3.8, 4) is 9.88 Å². The molecule has 0 saturated heterocycles. The van der Waals surface area contributed by atoms with Crippen molar-refractivity contribution >= 4 is 51.4 Å². The molecule has 1 amide bonds. The zero-order chi connectivity index (χ0) is 17.9. The first-order valence-electron chi connectivity index (χ1n) is 7.94. The topological polar surface area (TPSA) is 68.0 Å². The fourth-order valence-electron chi connectivity index (χ4n) is 2.37. The van der Waals surface area contributed by atoms with E-state index >= 15 is 0 Å². The highest BCUT2D eigenvalue weighted by atomic mass is 32.2. The quantitative estimate of drug-likeness (QED) is 0.473. The molecule has 4 aromatic rings. The molecule has 0 unspecified atom stereocenters. The van der Waals surface area contributed by atoms with Crippen molar-refractivity contribution in [1.29, 1.82) is 0 Å². The summed E-state index contributed by atoms with van der Waals surface area (Å²) in [5.74, 6) is 0.213. The summed E-state index contributed by atoms with van der Waals surface area (Å²) in [6.07, 6.45) is 0. The van der Waals surface area contributed by atoms with Crippen molar-refractivity contribution < 1.29 is 9.21 Å². The predicted octanol–water partition coefficient (Wildman–Crippen LogP) is 4.73. The Labute approximate surface area is 162 Å². The first kappa shape index (κ1) is 17.3. The number of oxazole rings is 1. The Bertz CT molecular complexity index is 1000. The summed E-state index contributed by atoms with van der Waals surface area (Å²) in [6, 6.07) is 11.6. The SMILES string of the molecule is Cc1nc(-c2cccs2)sc1CNC(=O)CSc1nc2ccccc2o1. The third-order valence-corrected chi connectivity index (χ3v) is 6.70. The molecular weight excluding hydrogens is 386 g/mol. The minimum Gasteiger partial charge on any atom is -0.431 e. The highest BCUT2D eigenvalue weighted by Gasteiger charge is 2.12. The van der Waals surface area contributed by atoms with Gasteiger partial charge in [-0.25, -0.2) is 9.97 Å². The number of rotatable bonds is 6. The molecule has 26 heavy (non-hydrogen) atoms. The third kappa shape index (κ3) is 3.82. The molecule has 3 aromatic heterocycles. The van der Waals surface area contributed by atoms with Crippen molar-refractivity contribution in [3.63, 3.8) is 0 Å². The minimum absolute atomic E-state index is 0.0530. The van der Waals surface area contributed by atoms with E-state index in [1.54, 1.807) is 22.7 Å². The number of thiazole rings is 1. The van der Waals surface area contributed by atoms with Crippen LogP contribution in [0.25, 0.3) is 21.0 Å². The Morgan fingerprint density at radius 3 is 2.92 bits per heavy atom. The molecule has 0 atom stereocenters. The number of thioether (sulfide) groups is 1. The largest absolute Gasteiger partial charge is 0.431 e. The number of hydrogen-bond donors (Lipinski definition) is 1. The summed E-state index contributed by atoms with van der Waals surface area (Å²) in [7, 11) is 0. The Kier molecular flexibility index (Phi) is 5.05. The molecule has 5 nitrogen and oxygen atoms in total. The molecule has 0 aliphatic rings. The summed E-state index contributed by atoms with van der Waals surface area (Å²) in [6.45, 7) is 2.46. The van der Waals surface area contributed by atoms with Crippen LogP contribution in [0.4, 0.5) is 0 Å². The van der Waals surface area contributed by atoms with E-state index in [1.165, 1.54) is 11.8 Å². The number of nitrogens with one attached hydrogen (secondary N) is 1. The number of benzene rings is 1. The van der Waals surface area contributed by atoms with Gasteiger partial charge in [0, 0.05) is 4.88 Å². The number of fused-ring (bicyclic) bond motifs is 1. The smallest absolute Gasteiger partial charge is 0.257 e. The van der Waals surface area contributed by atoms with E-state index in [9.17, 15) is 4.79 Å². The fraction of sp³-hybridized carbons (Fsp3) is 0.167. The normalized spacial score (nSPS) is 11.1. The van der Waals surface area contributed by atoms with E-state index in [4.69, 9.17) is 4.42 Å². The molecule has 0 radical (unpaired) electrons. The van der Waals surface area contributed by atoms with Crippen LogP contribution < -0.4 is 5.32 Å². The van der Waals surface area contributed by atoms with Crippen molar-refractivity contribution in [2.75, 3.05) is 5.75 Å². The molecule has 3 heterocycles. The van der Waals surface area contributed by atoms with Gasteiger partial charge >= 0.3 is 0 Å². The highest BCUT2D eigenvalue weighted by molar-refractivity contribution is 7.99. The van der Waals surface area contributed by atoms with E-state index in [1.807, 2.05) is 42.6 Å². The molecule has 0 fully saturated rings. The number of carbonyl (C=O) groups excluding carboxylic acids is 1. The Morgan fingerprint density at radius 2 is 2.12 bits per heavy atom. The van der Waals surface area contributed by atoms with Crippen LogP contribution in [0.5, 0.6) is 0 Å². The minimum atomic E-state index is -0.0530. The van der Waals surface area contributed by atoms with E-state index in [0.29, 0.717) is 11.8 Å². The average molecular weight is 402 g/mol. The Hall–Kier alpha value is -2.16. The maximum Gasteiger partial charge on any atom is 0.257 e.